The Hall–Kier alpha value is -7.82. The van der Waals surface area contributed by atoms with Crippen LogP contribution in [0.4, 0.5) is 22.0 Å². The van der Waals surface area contributed by atoms with Crippen LogP contribution in [0.1, 0.15) is 11.1 Å². The Balaban J connectivity index is 1.49. The van der Waals surface area contributed by atoms with E-state index in [-0.39, 0.29) is 16.8 Å². The van der Waals surface area contributed by atoms with E-state index in [9.17, 15) is 23.7 Å². The van der Waals surface area contributed by atoms with Crippen LogP contribution in [0.15, 0.2) is 133 Å². The highest BCUT2D eigenvalue weighted by molar-refractivity contribution is 6.25. The Morgan fingerprint density at radius 3 is 1.53 bits per heavy atom. The molecule has 9 rings (SSSR count). The molecule has 0 aliphatic carbocycles. The molecule has 270 valence electrons. The second kappa shape index (κ2) is 13.8. The highest BCUT2D eigenvalue weighted by Gasteiger charge is 2.30. The number of nitriles is 2. The molecule has 0 saturated heterocycles. The van der Waals surface area contributed by atoms with Gasteiger partial charge in [0, 0.05) is 32.8 Å². The first kappa shape index (κ1) is 34.9. The third kappa shape index (κ3) is 5.71. The predicted molar refractivity (Wildman–Crippen MR) is 209 cm³/mol. The van der Waals surface area contributed by atoms with E-state index >= 15 is 8.78 Å². The third-order valence-electron chi connectivity index (χ3n) is 9.92. The molecule has 5 nitrogen and oxygen atoms in total. The average molecular weight is 752 g/mol. The Morgan fingerprint density at radius 1 is 0.404 bits per heavy atom. The zero-order chi connectivity index (χ0) is 39.4. The minimum Gasteiger partial charge on any atom is -0.247 e. The Bertz CT molecular complexity index is 3160. The molecular formula is C47H22F5N5. The van der Waals surface area contributed by atoms with Gasteiger partial charge in [0.15, 0.2) is 23.3 Å². The summed E-state index contributed by atoms with van der Waals surface area (Å²) < 4.78 is 75.2. The average Bonchev–Trinajstić information content (AvgIpc) is 3.27. The number of hydrogen-bond acceptors (Lipinski definition) is 5. The monoisotopic (exact) mass is 751 g/mol. The van der Waals surface area contributed by atoms with Gasteiger partial charge in [-0.1, -0.05) is 97.1 Å². The molecule has 0 unspecified atom stereocenters. The number of hydrogen-bond donors (Lipinski definition) is 0. The molecule has 57 heavy (non-hydrogen) atoms. The summed E-state index contributed by atoms with van der Waals surface area (Å²) in [4.78, 5) is 15.5. The number of aromatic nitrogens is 3. The number of pyridine rings is 1. The lowest BCUT2D eigenvalue weighted by atomic mass is 9.89. The van der Waals surface area contributed by atoms with Gasteiger partial charge in [-0.05, 0) is 53.1 Å². The maximum absolute atomic E-state index is 15.6. The lowest BCUT2D eigenvalue weighted by molar-refractivity contribution is 0.381. The fraction of sp³-hybridized carbons (Fsp3) is 0. The molecule has 0 bridgehead atoms. The van der Waals surface area contributed by atoms with Crippen LogP contribution in [-0.4, -0.2) is 15.0 Å². The molecule has 0 spiro atoms. The van der Waals surface area contributed by atoms with Gasteiger partial charge in [0.1, 0.15) is 0 Å². The molecule has 7 aromatic carbocycles. The van der Waals surface area contributed by atoms with Crippen LogP contribution in [-0.2, 0) is 0 Å². The van der Waals surface area contributed by atoms with Gasteiger partial charge in [-0.3, -0.25) is 0 Å². The first-order chi connectivity index (χ1) is 27.8. The fourth-order valence-electron chi connectivity index (χ4n) is 7.26. The molecule has 0 fully saturated rings. The van der Waals surface area contributed by atoms with E-state index in [1.54, 1.807) is 66.7 Å². The number of fused-ring (bicyclic) bond motifs is 5. The first-order valence-corrected chi connectivity index (χ1v) is 17.5. The van der Waals surface area contributed by atoms with Gasteiger partial charge in [-0.25, -0.2) is 36.9 Å². The van der Waals surface area contributed by atoms with Crippen LogP contribution in [0, 0.1) is 51.7 Å². The number of para-hydroxylation sites is 1. The van der Waals surface area contributed by atoms with Crippen LogP contribution in [0.5, 0.6) is 0 Å². The number of benzene rings is 7. The number of rotatable bonds is 5. The van der Waals surface area contributed by atoms with Crippen LogP contribution in [0.3, 0.4) is 0 Å². The van der Waals surface area contributed by atoms with Gasteiger partial charge in [0.25, 0.3) is 0 Å². The van der Waals surface area contributed by atoms with Crippen molar-refractivity contribution in [2.75, 3.05) is 0 Å². The van der Waals surface area contributed by atoms with E-state index in [2.05, 4.69) is 12.1 Å². The summed E-state index contributed by atoms with van der Waals surface area (Å²) in [5, 5.41) is 20.8. The molecule has 0 radical (unpaired) electrons. The summed E-state index contributed by atoms with van der Waals surface area (Å²) in [5.74, 6) is -10.4. The van der Waals surface area contributed by atoms with Crippen molar-refractivity contribution in [3.05, 3.63) is 174 Å². The Morgan fingerprint density at radius 2 is 0.912 bits per heavy atom. The summed E-state index contributed by atoms with van der Waals surface area (Å²) >= 11 is 0. The van der Waals surface area contributed by atoms with E-state index < -0.39 is 34.6 Å². The van der Waals surface area contributed by atoms with Gasteiger partial charge in [0.2, 0.25) is 5.82 Å². The van der Waals surface area contributed by atoms with Crippen molar-refractivity contribution < 1.29 is 22.0 Å². The zero-order valence-electron chi connectivity index (χ0n) is 29.3. The van der Waals surface area contributed by atoms with E-state index in [0.29, 0.717) is 66.4 Å². The maximum atomic E-state index is 15.6. The smallest absolute Gasteiger partial charge is 0.200 e. The lowest BCUT2D eigenvalue weighted by Gasteiger charge is -2.19. The second-order valence-electron chi connectivity index (χ2n) is 13.2. The normalized spacial score (nSPS) is 11.2. The van der Waals surface area contributed by atoms with Gasteiger partial charge >= 0.3 is 0 Å². The van der Waals surface area contributed by atoms with Crippen LogP contribution in [0.25, 0.3) is 88.7 Å². The minimum absolute atomic E-state index is 0.0841. The summed E-state index contributed by atoms with van der Waals surface area (Å²) in [7, 11) is 0. The molecular weight excluding hydrogens is 730 g/mol. The van der Waals surface area contributed by atoms with Gasteiger partial charge < -0.3 is 0 Å². The molecule has 2 aromatic heterocycles. The van der Waals surface area contributed by atoms with Crippen molar-refractivity contribution >= 4 is 32.7 Å². The van der Waals surface area contributed by atoms with Gasteiger partial charge in [-0.2, -0.15) is 10.5 Å². The molecule has 0 aliphatic heterocycles. The molecule has 0 N–H and O–H groups in total. The quantitative estimate of drug-likeness (QED) is 0.0756. The van der Waals surface area contributed by atoms with Crippen molar-refractivity contribution in [3.63, 3.8) is 0 Å². The Kier molecular flexibility index (Phi) is 8.45. The highest BCUT2D eigenvalue weighted by Crippen LogP contribution is 2.46. The van der Waals surface area contributed by atoms with Crippen LogP contribution >= 0.6 is 0 Å². The van der Waals surface area contributed by atoms with Gasteiger partial charge in [0.05, 0.1) is 62.5 Å². The molecule has 0 amide bonds. The van der Waals surface area contributed by atoms with Gasteiger partial charge in [-0.15, -0.1) is 0 Å². The van der Waals surface area contributed by atoms with Crippen molar-refractivity contribution in [2.45, 2.75) is 0 Å². The van der Waals surface area contributed by atoms with Crippen LogP contribution in [0.2, 0.25) is 0 Å². The molecule has 0 saturated carbocycles. The van der Waals surface area contributed by atoms with E-state index in [0.717, 1.165) is 11.1 Å². The molecule has 0 aliphatic rings. The topological polar surface area (TPSA) is 86.2 Å². The number of nitrogens with zero attached hydrogens (tertiary/aromatic N) is 5. The summed E-state index contributed by atoms with van der Waals surface area (Å²) in [5.41, 5.74) is 4.65. The van der Waals surface area contributed by atoms with Crippen molar-refractivity contribution in [3.8, 4) is 68.2 Å². The van der Waals surface area contributed by atoms with Crippen molar-refractivity contribution in [2.24, 2.45) is 0 Å². The van der Waals surface area contributed by atoms with Crippen molar-refractivity contribution in [1.29, 1.82) is 10.5 Å². The number of halogens is 5. The molecule has 2 heterocycles. The zero-order valence-corrected chi connectivity index (χ0v) is 29.3. The standard InChI is InChI=1S/C47H22F5N5/c48-39-37(40(49)42(51)43(52)41(39)50)30-10-4-5-11-31(30)46-38-36(32-12-6-7-13-34(32)55-46)33(27-8-2-1-3-9-27)22-35-47(38)57-45(29-20-16-26(24-54)17-21-29)44(56-35)28-18-14-25(23-53)15-19-28/h1-22H. The second-order valence-corrected chi connectivity index (χ2v) is 13.2. The first-order valence-electron chi connectivity index (χ1n) is 17.5. The van der Waals surface area contributed by atoms with E-state index in [4.69, 9.17) is 15.0 Å². The van der Waals surface area contributed by atoms with E-state index in [1.165, 1.54) is 18.2 Å². The summed E-state index contributed by atoms with van der Waals surface area (Å²) in [6, 6.07) is 42.5. The fourth-order valence-corrected chi connectivity index (χ4v) is 7.26. The summed E-state index contributed by atoms with van der Waals surface area (Å²) in [6.07, 6.45) is 0. The molecule has 9 aromatic rings. The maximum Gasteiger partial charge on any atom is 0.200 e. The minimum atomic E-state index is -2.26. The van der Waals surface area contributed by atoms with Crippen LogP contribution < -0.4 is 0 Å². The molecule has 0 atom stereocenters. The predicted octanol–water partition coefficient (Wildman–Crippen LogP) is 12.1. The summed E-state index contributed by atoms with van der Waals surface area (Å²) in [6.45, 7) is 0. The van der Waals surface area contributed by atoms with E-state index in [1.807, 2.05) is 48.5 Å². The Labute approximate surface area is 321 Å². The van der Waals surface area contributed by atoms with Crippen molar-refractivity contribution in [1.82, 2.24) is 15.0 Å². The SMILES string of the molecule is N#Cc1ccc(-c2nc3cc(-c4ccccc4)c4c5ccccc5nc(-c5ccccc5-c5c(F)c(F)c(F)c(F)c5F)c4c3nc2-c2ccc(C#N)cc2)cc1. The largest absolute Gasteiger partial charge is 0.247 e. The third-order valence-corrected chi connectivity index (χ3v) is 9.92. The molecule has 10 heteroatoms. The lowest BCUT2D eigenvalue weighted by Crippen LogP contribution is -2.05. The highest BCUT2D eigenvalue weighted by atomic mass is 19.2.